The van der Waals surface area contributed by atoms with Crippen molar-refractivity contribution in [3.05, 3.63) is 105 Å². The molecule has 3 amide bonds. The van der Waals surface area contributed by atoms with Crippen LogP contribution in [0, 0.1) is 44.4 Å². The van der Waals surface area contributed by atoms with Crippen molar-refractivity contribution in [2.45, 2.75) is 126 Å². The van der Waals surface area contributed by atoms with Crippen LogP contribution < -0.4 is 15.5 Å². The summed E-state index contributed by atoms with van der Waals surface area (Å²) in [6.07, 6.45) is 1.70. The largest absolute Gasteiger partial charge is 0.461 e. The van der Waals surface area contributed by atoms with Gasteiger partial charge < -0.3 is 29.9 Å². The molecule has 0 radical (unpaired) electrons. The fourth-order valence-corrected chi connectivity index (χ4v) is 10.00. The Morgan fingerprint density at radius 3 is 2.32 bits per heavy atom. The first-order valence-corrected chi connectivity index (χ1v) is 24.8. The van der Waals surface area contributed by atoms with E-state index < -0.39 is 41.4 Å². The topological polar surface area (TPSA) is 172 Å². The maximum absolute atomic E-state index is 14.4. The number of hydrogen-bond acceptors (Lipinski definition) is 11. The van der Waals surface area contributed by atoms with E-state index in [0.29, 0.717) is 30.2 Å². The molecule has 0 saturated carbocycles. The van der Waals surface area contributed by atoms with Crippen molar-refractivity contribution in [1.29, 1.82) is 5.26 Å². The van der Waals surface area contributed by atoms with Gasteiger partial charge in [-0.25, -0.2) is 4.98 Å². The quantitative estimate of drug-likeness (QED) is 0.0600. The molecule has 1 saturated heterocycles. The lowest BCUT2D eigenvalue weighted by Crippen LogP contribution is -2.58. The van der Waals surface area contributed by atoms with Crippen molar-refractivity contribution in [3.63, 3.8) is 0 Å². The van der Waals surface area contributed by atoms with Crippen LogP contribution >= 0.6 is 22.9 Å². The van der Waals surface area contributed by atoms with Crippen molar-refractivity contribution in [2.24, 2.45) is 5.41 Å². The van der Waals surface area contributed by atoms with E-state index >= 15 is 0 Å². The zero-order chi connectivity index (χ0) is 50.2. The molecule has 366 valence electrons. The summed E-state index contributed by atoms with van der Waals surface area (Å²) in [5.74, 6) is -1.79. The summed E-state index contributed by atoms with van der Waals surface area (Å²) < 4.78 is 13.4. The second-order valence-corrected chi connectivity index (χ2v) is 20.1. The Balaban J connectivity index is 1.06. The number of anilines is 2. The zero-order valence-corrected chi connectivity index (χ0v) is 43.0. The summed E-state index contributed by atoms with van der Waals surface area (Å²) in [6.45, 7) is 20.5. The average molecular weight is 978 g/mol. The highest BCUT2D eigenvalue weighted by Gasteiger charge is 2.46. The van der Waals surface area contributed by atoms with E-state index in [1.807, 2.05) is 88.1 Å². The lowest BCUT2D eigenvalue weighted by Gasteiger charge is -2.35. The Bertz CT molecular complexity index is 2680. The van der Waals surface area contributed by atoms with E-state index in [1.165, 1.54) is 11.8 Å². The van der Waals surface area contributed by atoms with Crippen molar-refractivity contribution in [2.75, 3.05) is 31.2 Å². The number of hydrogen-bond donors (Lipinski definition) is 2. The van der Waals surface area contributed by atoms with Gasteiger partial charge in [-0.3, -0.25) is 23.9 Å². The number of nitrogens with zero attached hydrogens (tertiary/aromatic N) is 6. The Morgan fingerprint density at radius 2 is 1.70 bits per heavy atom. The van der Waals surface area contributed by atoms with Gasteiger partial charge in [0.05, 0.1) is 44.9 Å². The second kappa shape index (κ2) is 23.0. The van der Waals surface area contributed by atoms with Crippen LogP contribution in [0.3, 0.4) is 0 Å². The standard InChI is InChI=1S/C53H65ClN8O6S/c1-11-62-36(6)48(34(4)59-62)40-16-15-32(2)45(25-40)60(42-22-21-41(28-55)44(54)26-42)23-13-12-14-24-67-30-47(64)58-50(53(8,9)10)52(66)61-29-43(68-37(7)63)27-46(61)51(65)57-33(3)38-17-19-39(20-18-38)49-35(5)56-31-69-49/h15-22,25-26,31,33,43,46,50H,11-14,23-24,27,29-30H2,1-10H3,(H,57,65)(H,58,64)/t33-,43+,46-,50+/m0/s1. The first-order valence-electron chi connectivity index (χ1n) is 23.6. The summed E-state index contributed by atoms with van der Waals surface area (Å²) in [4.78, 5) is 63.0. The number of nitrogens with one attached hydrogen (secondary N) is 2. The molecule has 1 aliphatic heterocycles. The summed E-state index contributed by atoms with van der Waals surface area (Å²) in [5.41, 5.74) is 11.6. The number of carbonyl (C=O) groups excluding carboxylic acids is 4. The minimum absolute atomic E-state index is 0.0112. The molecule has 69 heavy (non-hydrogen) atoms. The molecule has 3 aromatic carbocycles. The minimum Gasteiger partial charge on any atom is -0.461 e. The number of amides is 3. The number of rotatable bonds is 19. The van der Waals surface area contributed by atoms with Crippen LogP contribution in [-0.4, -0.2) is 87.8 Å². The highest BCUT2D eigenvalue weighted by molar-refractivity contribution is 7.13. The van der Waals surface area contributed by atoms with Crippen LogP contribution in [-0.2, 0) is 35.2 Å². The number of ether oxygens (including phenoxy) is 2. The lowest BCUT2D eigenvalue weighted by atomic mass is 9.85. The van der Waals surface area contributed by atoms with Gasteiger partial charge in [-0.1, -0.05) is 68.8 Å². The zero-order valence-electron chi connectivity index (χ0n) is 41.4. The van der Waals surface area contributed by atoms with E-state index in [1.54, 1.807) is 17.4 Å². The normalized spacial score (nSPS) is 15.6. The van der Waals surface area contributed by atoms with Gasteiger partial charge in [0.15, 0.2) is 0 Å². The molecular formula is C53H65ClN8O6S. The highest BCUT2D eigenvalue weighted by Crippen LogP contribution is 2.37. The van der Waals surface area contributed by atoms with Crippen molar-refractivity contribution in [1.82, 2.24) is 30.3 Å². The molecule has 5 aromatic rings. The Kier molecular flexibility index (Phi) is 17.4. The molecule has 1 aliphatic rings. The molecule has 3 heterocycles. The van der Waals surface area contributed by atoms with Gasteiger partial charge in [0.1, 0.15) is 30.9 Å². The van der Waals surface area contributed by atoms with Gasteiger partial charge >= 0.3 is 5.97 Å². The third-order valence-corrected chi connectivity index (χ3v) is 13.9. The summed E-state index contributed by atoms with van der Waals surface area (Å²) in [5, 5.41) is 20.7. The molecule has 6 rings (SSSR count). The van der Waals surface area contributed by atoms with Gasteiger partial charge in [0.2, 0.25) is 17.7 Å². The number of aryl methyl sites for hydroxylation is 4. The van der Waals surface area contributed by atoms with Gasteiger partial charge in [-0.15, -0.1) is 11.3 Å². The molecule has 2 aromatic heterocycles. The number of carbonyl (C=O) groups is 4. The number of unbranched alkanes of at least 4 members (excludes halogenated alkanes) is 2. The van der Waals surface area contributed by atoms with Crippen LogP contribution in [0.1, 0.15) is 107 Å². The van der Waals surface area contributed by atoms with E-state index in [-0.39, 0.29) is 31.5 Å². The van der Waals surface area contributed by atoms with E-state index in [0.717, 1.165) is 80.5 Å². The van der Waals surface area contributed by atoms with E-state index in [9.17, 15) is 24.4 Å². The molecule has 14 nitrogen and oxygen atoms in total. The van der Waals surface area contributed by atoms with Crippen molar-refractivity contribution >= 4 is 58.0 Å². The maximum Gasteiger partial charge on any atom is 0.302 e. The molecule has 0 aliphatic carbocycles. The van der Waals surface area contributed by atoms with Crippen LogP contribution in [0.4, 0.5) is 11.4 Å². The Morgan fingerprint density at radius 1 is 0.971 bits per heavy atom. The van der Waals surface area contributed by atoms with Crippen LogP contribution in [0.25, 0.3) is 21.6 Å². The van der Waals surface area contributed by atoms with Gasteiger partial charge in [-0.2, -0.15) is 10.4 Å². The summed E-state index contributed by atoms with van der Waals surface area (Å²) in [7, 11) is 0. The molecule has 0 unspecified atom stereocenters. The number of nitriles is 1. The highest BCUT2D eigenvalue weighted by atomic mass is 35.5. The number of aromatic nitrogens is 3. The van der Waals surface area contributed by atoms with Crippen molar-refractivity contribution < 1.29 is 28.7 Å². The molecule has 1 fully saturated rings. The number of esters is 1. The fourth-order valence-electron chi connectivity index (χ4n) is 8.97. The number of likely N-dealkylation sites (tertiary alicyclic amines) is 1. The first kappa shape index (κ1) is 52.3. The van der Waals surface area contributed by atoms with Gasteiger partial charge in [0, 0.05) is 55.7 Å². The molecule has 4 atom stereocenters. The Labute approximate surface area is 415 Å². The fraction of sp³-hybridized carbons (Fsp3) is 0.453. The second-order valence-electron chi connectivity index (χ2n) is 18.9. The van der Waals surface area contributed by atoms with Crippen molar-refractivity contribution in [3.8, 4) is 27.6 Å². The van der Waals surface area contributed by atoms with Crippen LogP contribution in [0.2, 0.25) is 5.02 Å². The van der Waals surface area contributed by atoms with Crippen LogP contribution in [0.15, 0.2) is 66.2 Å². The van der Waals surface area contributed by atoms with Crippen LogP contribution in [0.5, 0.6) is 0 Å². The van der Waals surface area contributed by atoms with Gasteiger partial charge in [-0.05, 0) is 113 Å². The molecule has 2 N–H and O–H groups in total. The predicted octanol–water partition coefficient (Wildman–Crippen LogP) is 9.72. The summed E-state index contributed by atoms with van der Waals surface area (Å²) in [6, 6.07) is 19.7. The number of benzene rings is 3. The molecule has 0 bridgehead atoms. The smallest absolute Gasteiger partial charge is 0.302 e. The monoisotopic (exact) mass is 976 g/mol. The average Bonchev–Trinajstić information content (AvgIpc) is 4.01. The SMILES string of the molecule is CCn1nc(C)c(-c2ccc(C)c(N(CCCCCOCC(=O)N[C@H](C(=O)N3C[C@H](OC(C)=O)C[C@H]3C(=O)N[C@@H](C)c3ccc(-c4scnc4C)cc3)C(C)(C)C)c3ccc(C#N)c(Cl)c3)c2)c1C. The lowest BCUT2D eigenvalue weighted by molar-refractivity contribution is -0.147. The van der Waals surface area contributed by atoms with Gasteiger partial charge in [0.25, 0.3) is 0 Å². The molecular weight excluding hydrogens is 912 g/mol. The van der Waals surface area contributed by atoms with E-state index in [4.69, 9.17) is 26.2 Å². The molecule has 0 spiro atoms. The number of halogens is 1. The Hall–Kier alpha value is -6.08. The minimum atomic E-state index is -1.00. The number of thiazole rings is 1. The van der Waals surface area contributed by atoms with E-state index in [2.05, 4.69) is 65.6 Å². The third kappa shape index (κ3) is 12.8. The third-order valence-electron chi connectivity index (χ3n) is 12.6. The summed E-state index contributed by atoms with van der Waals surface area (Å²) >= 11 is 8.14. The first-order chi connectivity index (χ1) is 32.8. The predicted molar refractivity (Wildman–Crippen MR) is 271 cm³/mol. The molecule has 16 heteroatoms. The maximum atomic E-state index is 14.4.